The molecule has 0 N–H and O–H groups in total. The molecule has 1 aromatic heterocycles. The molecular formula is C23H20N2O2. The van der Waals surface area contributed by atoms with E-state index in [0.29, 0.717) is 0 Å². The Morgan fingerprint density at radius 3 is 2.81 bits per heavy atom. The van der Waals surface area contributed by atoms with Crippen molar-refractivity contribution in [3.63, 3.8) is 0 Å². The third kappa shape index (κ3) is 2.69. The zero-order valence-corrected chi connectivity index (χ0v) is 15.1. The minimum absolute atomic E-state index is 0.0268. The molecule has 0 bridgehead atoms. The summed E-state index contributed by atoms with van der Waals surface area (Å²) < 4.78 is 7.91. The van der Waals surface area contributed by atoms with Gasteiger partial charge in [-0.15, -0.1) is 0 Å². The van der Waals surface area contributed by atoms with Crippen molar-refractivity contribution in [1.82, 2.24) is 9.47 Å². The van der Waals surface area contributed by atoms with Crippen LogP contribution in [0.2, 0.25) is 0 Å². The predicted octanol–water partition coefficient (Wildman–Crippen LogP) is 4.11. The number of aromatic nitrogens is 1. The Labute approximate surface area is 157 Å². The molecule has 0 saturated carbocycles. The van der Waals surface area contributed by atoms with Crippen LogP contribution < -0.4 is 5.56 Å². The van der Waals surface area contributed by atoms with Gasteiger partial charge in [0.05, 0.1) is 6.04 Å². The van der Waals surface area contributed by atoms with E-state index in [-0.39, 0.29) is 11.6 Å². The van der Waals surface area contributed by atoms with Crippen molar-refractivity contribution >= 4 is 0 Å². The van der Waals surface area contributed by atoms with Gasteiger partial charge >= 0.3 is 0 Å². The first kappa shape index (κ1) is 16.1. The standard InChI is InChI=1S/C23H20N2O2/c1-24-14-12-16-8-10-18(25-13-3-2-7-22(25)26)15-19(16)23(24)21-11-9-17-5-4-6-20(17)27-21/h2-11,13,15,23H,12,14H2,1H3. The summed E-state index contributed by atoms with van der Waals surface area (Å²) in [6, 6.07) is 21.8. The van der Waals surface area contributed by atoms with E-state index in [1.807, 2.05) is 30.5 Å². The summed E-state index contributed by atoms with van der Waals surface area (Å²) in [4.78, 5) is 14.6. The Morgan fingerprint density at radius 2 is 1.93 bits per heavy atom. The second-order valence-electron chi connectivity index (χ2n) is 7.11. The lowest BCUT2D eigenvalue weighted by molar-refractivity contribution is 0.234. The zero-order valence-electron chi connectivity index (χ0n) is 15.1. The Balaban J connectivity index is 1.67. The first-order valence-corrected chi connectivity index (χ1v) is 9.20. The van der Waals surface area contributed by atoms with Gasteiger partial charge in [0.15, 0.2) is 0 Å². The van der Waals surface area contributed by atoms with Crippen molar-refractivity contribution in [1.29, 1.82) is 0 Å². The fourth-order valence-corrected chi connectivity index (χ4v) is 4.02. The van der Waals surface area contributed by atoms with Gasteiger partial charge in [-0.05, 0) is 61.0 Å². The third-order valence-electron chi connectivity index (χ3n) is 5.43. The average Bonchev–Trinajstić information content (AvgIpc) is 3.15. The van der Waals surface area contributed by atoms with E-state index in [0.717, 1.165) is 35.7 Å². The molecule has 0 radical (unpaired) electrons. The lowest BCUT2D eigenvalue weighted by Gasteiger charge is -2.34. The largest absolute Gasteiger partial charge is 0.459 e. The molecule has 1 aliphatic carbocycles. The van der Waals surface area contributed by atoms with Crippen LogP contribution in [0.3, 0.4) is 0 Å². The van der Waals surface area contributed by atoms with Crippen LogP contribution in [0.5, 0.6) is 0 Å². The van der Waals surface area contributed by atoms with E-state index in [2.05, 4.69) is 42.3 Å². The van der Waals surface area contributed by atoms with Gasteiger partial charge in [0.2, 0.25) is 0 Å². The van der Waals surface area contributed by atoms with Crippen LogP contribution >= 0.6 is 0 Å². The molecule has 0 fully saturated rings. The van der Waals surface area contributed by atoms with E-state index < -0.39 is 0 Å². The number of benzene rings is 1. The summed E-state index contributed by atoms with van der Waals surface area (Å²) in [5.41, 5.74) is 4.48. The van der Waals surface area contributed by atoms with Crippen molar-refractivity contribution in [2.24, 2.45) is 0 Å². The number of fused-ring (bicyclic) bond motifs is 2. The maximum absolute atomic E-state index is 12.3. The van der Waals surface area contributed by atoms with Gasteiger partial charge in [0.1, 0.15) is 11.5 Å². The van der Waals surface area contributed by atoms with Crippen LogP contribution in [-0.2, 0) is 6.42 Å². The highest BCUT2D eigenvalue weighted by atomic mass is 16.3. The molecule has 5 rings (SSSR count). The van der Waals surface area contributed by atoms with E-state index in [4.69, 9.17) is 4.42 Å². The second kappa shape index (κ2) is 6.25. The number of nitrogens with zero attached hydrogens (tertiary/aromatic N) is 2. The highest BCUT2D eigenvalue weighted by Crippen LogP contribution is 2.37. The van der Waals surface area contributed by atoms with E-state index in [9.17, 15) is 4.79 Å². The summed E-state index contributed by atoms with van der Waals surface area (Å²) in [6.45, 7) is 0.969. The van der Waals surface area contributed by atoms with Crippen LogP contribution in [0, 0.1) is 0 Å². The smallest absolute Gasteiger partial charge is 0.255 e. The van der Waals surface area contributed by atoms with Gasteiger partial charge in [-0.1, -0.05) is 24.3 Å². The topological polar surface area (TPSA) is 38.4 Å². The molecule has 2 aliphatic heterocycles. The van der Waals surface area contributed by atoms with Crippen molar-refractivity contribution < 1.29 is 4.42 Å². The van der Waals surface area contributed by atoms with Gasteiger partial charge in [0, 0.05) is 30.1 Å². The summed E-state index contributed by atoms with van der Waals surface area (Å²) >= 11 is 0. The van der Waals surface area contributed by atoms with Crippen LogP contribution in [0.25, 0.3) is 17.0 Å². The van der Waals surface area contributed by atoms with Gasteiger partial charge in [0.25, 0.3) is 5.56 Å². The number of pyridine rings is 1. The highest BCUT2D eigenvalue weighted by molar-refractivity contribution is 5.60. The highest BCUT2D eigenvalue weighted by Gasteiger charge is 2.29. The van der Waals surface area contributed by atoms with Crippen LogP contribution in [0.1, 0.15) is 22.9 Å². The lowest BCUT2D eigenvalue weighted by atomic mass is 9.90. The minimum atomic E-state index is -0.0268. The summed E-state index contributed by atoms with van der Waals surface area (Å²) in [5.74, 6) is 1.83. The van der Waals surface area contributed by atoms with E-state index >= 15 is 0 Å². The van der Waals surface area contributed by atoms with Crippen molar-refractivity contribution in [3.8, 4) is 17.0 Å². The molecule has 3 aliphatic rings. The second-order valence-corrected chi connectivity index (χ2v) is 7.11. The van der Waals surface area contributed by atoms with Crippen molar-refractivity contribution in [3.05, 3.63) is 100 Å². The SMILES string of the molecule is CN1CCc2ccc(-n3ccccc3=O)cc2C1c1ccc2cccc-2o1. The monoisotopic (exact) mass is 356 g/mol. The molecule has 0 spiro atoms. The molecule has 1 atom stereocenters. The molecule has 4 heteroatoms. The fourth-order valence-electron chi connectivity index (χ4n) is 4.02. The number of rotatable bonds is 2. The van der Waals surface area contributed by atoms with E-state index in [1.54, 1.807) is 16.7 Å². The van der Waals surface area contributed by atoms with Crippen LogP contribution in [-0.4, -0.2) is 23.1 Å². The Kier molecular flexibility index (Phi) is 3.73. The predicted molar refractivity (Wildman–Crippen MR) is 106 cm³/mol. The maximum Gasteiger partial charge on any atom is 0.255 e. The molecule has 3 heterocycles. The van der Waals surface area contributed by atoms with Crippen molar-refractivity contribution in [2.45, 2.75) is 12.5 Å². The van der Waals surface area contributed by atoms with Crippen molar-refractivity contribution in [2.75, 3.05) is 13.6 Å². The Bertz CT molecular complexity index is 1140. The normalized spacial score (nSPS) is 17.1. The molecule has 1 aromatic carbocycles. The molecule has 134 valence electrons. The molecule has 27 heavy (non-hydrogen) atoms. The molecule has 4 nitrogen and oxygen atoms in total. The maximum atomic E-state index is 12.3. The number of likely N-dealkylation sites (N-methyl/N-ethyl adjacent to an activating group) is 1. The fraction of sp³-hybridized carbons (Fsp3) is 0.174. The molecule has 1 unspecified atom stereocenters. The number of hydrogen-bond acceptors (Lipinski definition) is 3. The Hall–Kier alpha value is -3.11. The summed E-state index contributed by atoms with van der Waals surface area (Å²) in [7, 11) is 2.12. The number of hydrogen-bond donors (Lipinski definition) is 0. The van der Waals surface area contributed by atoms with E-state index in [1.165, 1.54) is 11.1 Å². The zero-order chi connectivity index (χ0) is 18.4. The third-order valence-corrected chi connectivity index (χ3v) is 5.43. The average molecular weight is 356 g/mol. The van der Waals surface area contributed by atoms with Crippen LogP contribution in [0.4, 0.5) is 0 Å². The molecule has 0 saturated heterocycles. The van der Waals surface area contributed by atoms with Gasteiger partial charge in [-0.25, -0.2) is 0 Å². The molecule has 2 aromatic rings. The minimum Gasteiger partial charge on any atom is -0.459 e. The van der Waals surface area contributed by atoms with Gasteiger partial charge in [-0.2, -0.15) is 0 Å². The lowest BCUT2D eigenvalue weighted by Crippen LogP contribution is -2.33. The first-order chi connectivity index (χ1) is 13.2. The Morgan fingerprint density at radius 1 is 1.00 bits per heavy atom. The first-order valence-electron chi connectivity index (χ1n) is 9.20. The summed E-state index contributed by atoms with van der Waals surface area (Å²) in [5, 5.41) is 0. The molecule has 0 amide bonds. The van der Waals surface area contributed by atoms with Crippen LogP contribution in [0.15, 0.2) is 82.1 Å². The summed E-state index contributed by atoms with van der Waals surface area (Å²) in [6.07, 6.45) is 2.80. The molecular weight excluding hydrogens is 336 g/mol. The van der Waals surface area contributed by atoms with Gasteiger partial charge < -0.3 is 4.42 Å². The van der Waals surface area contributed by atoms with Gasteiger partial charge in [-0.3, -0.25) is 14.3 Å². The quantitative estimate of drug-likeness (QED) is 0.542.